The molecule has 8 nitrogen and oxygen atoms in total. The number of aliphatic hydroxyl groups excluding tert-OH is 1. The van der Waals surface area contributed by atoms with E-state index >= 15 is 0 Å². The van der Waals surface area contributed by atoms with Gasteiger partial charge in [-0.3, -0.25) is 4.98 Å². The number of carbonyl (C=O) groups excluding carboxylic acids is 1. The average Bonchev–Trinajstić information content (AvgIpc) is 2.89. The molecule has 0 saturated heterocycles. The largest absolute Gasteiger partial charge is 0.492 e. The van der Waals surface area contributed by atoms with E-state index in [-0.39, 0.29) is 18.0 Å². The van der Waals surface area contributed by atoms with Gasteiger partial charge in [-0.2, -0.15) is 0 Å². The van der Waals surface area contributed by atoms with Crippen LogP contribution in [-0.2, 0) is 11.2 Å². The molecular weight excluding hydrogens is 496 g/mol. The highest BCUT2D eigenvalue weighted by Crippen LogP contribution is 2.28. The lowest BCUT2D eigenvalue weighted by Crippen LogP contribution is -2.40. The van der Waals surface area contributed by atoms with E-state index in [0.29, 0.717) is 30.9 Å². The van der Waals surface area contributed by atoms with Crippen LogP contribution < -0.4 is 4.74 Å². The number of rotatable bonds is 11. The van der Waals surface area contributed by atoms with E-state index in [4.69, 9.17) is 9.47 Å². The Hall–Kier alpha value is -3.91. The number of nitrogens with zero attached hydrogens (tertiary/aromatic N) is 2. The Kier molecular flexibility index (Phi) is 10.1. The summed E-state index contributed by atoms with van der Waals surface area (Å²) in [5, 5.41) is 20.2. The Labute approximate surface area is 230 Å². The molecule has 3 aromatic rings. The molecule has 0 aliphatic rings. The predicted octanol–water partition coefficient (Wildman–Crippen LogP) is 5.99. The number of aromatic nitrogens is 1. The Balaban J connectivity index is 1.73. The number of amides is 1. The predicted molar refractivity (Wildman–Crippen MR) is 150 cm³/mol. The number of benzene rings is 2. The van der Waals surface area contributed by atoms with Crippen molar-refractivity contribution in [2.45, 2.75) is 52.7 Å². The molecule has 0 aliphatic carbocycles. The second-order valence-corrected chi connectivity index (χ2v) is 10.9. The van der Waals surface area contributed by atoms with Gasteiger partial charge in [-0.15, -0.1) is 0 Å². The minimum absolute atomic E-state index is 0.0772. The molecule has 0 spiro atoms. The van der Waals surface area contributed by atoms with Crippen molar-refractivity contribution in [1.29, 1.82) is 0 Å². The standard InChI is InChI=1S/C31H38N2O6/c1-21(2)20-38-28-17-24(12-13-26(28)29(35)36)23-10-8-22(9-11-23)14-16-33(30(37)39-31(3,4)5)19-27(34)25-7-6-15-32-18-25/h6-13,15,17-18,21,27,34H,14,16,19-20H2,1-5H3,(H,35,36)/t27-/m1/s1. The number of ether oxygens (including phenoxy) is 2. The first kappa shape index (κ1) is 29.6. The fourth-order valence-electron chi connectivity index (χ4n) is 3.85. The number of carboxylic acids is 1. The molecule has 0 saturated carbocycles. The van der Waals surface area contributed by atoms with E-state index < -0.39 is 23.8 Å². The summed E-state index contributed by atoms with van der Waals surface area (Å²) < 4.78 is 11.4. The smallest absolute Gasteiger partial charge is 0.410 e. The van der Waals surface area contributed by atoms with Crippen molar-refractivity contribution < 1.29 is 29.3 Å². The molecule has 39 heavy (non-hydrogen) atoms. The highest BCUT2D eigenvalue weighted by molar-refractivity contribution is 5.92. The van der Waals surface area contributed by atoms with Gasteiger partial charge in [0.2, 0.25) is 0 Å². The van der Waals surface area contributed by atoms with E-state index in [1.165, 1.54) is 4.90 Å². The van der Waals surface area contributed by atoms with Gasteiger partial charge < -0.3 is 24.6 Å². The summed E-state index contributed by atoms with van der Waals surface area (Å²) in [6, 6.07) is 16.5. The van der Waals surface area contributed by atoms with Gasteiger partial charge in [0.05, 0.1) is 19.3 Å². The molecule has 2 aromatic carbocycles. The minimum atomic E-state index is -1.03. The first-order valence-corrected chi connectivity index (χ1v) is 13.1. The maximum Gasteiger partial charge on any atom is 0.410 e. The number of aliphatic hydroxyl groups is 1. The number of aromatic carboxylic acids is 1. The average molecular weight is 535 g/mol. The highest BCUT2D eigenvalue weighted by Gasteiger charge is 2.24. The van der Waals surface area contributed by atoms with Crippen LogP contribution in [0.25, 0.3) is 11.1 Å². The number of hydrogen-bond donors (Lipinski definition) is 2. The van der Waals surface area contributed by atoms with Gasteiger partial charge in [0.1, 0.15) is 16.9 Å². The lowest BCUT2D eigenvalue weighted by atomic mass is 10.0. The van der Waals surface area contributed by atoms with Crippen molar-refractivity contribution in [2.75, 3.05) is 19.7 Å². The Morgan fingerprint density at radius 3 is 2.31 bits per heavy atom. The van der Waals surface area contributed by atoms with Crippen LogP contribution in [0.3, 0.4) is 0 Å². The zero-order valence-electron chi connectivity index (χ0n) is 23.3. The quantitative estimate of drug-likeness (QED) is 0.311. The molecule has 3 rings (SSSR count). The lowest BCUT2D eigenvalue weighted by molar-refractivity contribution is 0.0146. The summed E-state index contributed by atoms with van der Waals surface area (Å²) >= 11 is 0. The van der Waals surface area contributed by atoms with Gasteiger partial charge in [-0.1, -0.05) is 50.2 Å². The van der Waals surface area contributed by atoms with Gasteiger partial charge in [0, 0.05) is 24.5 Å². The van der Waals surface area contributed by atoms with Gasteiger partial charge >= 0.3 is 12.1 Å². The van der Waals surface area contributed by atoms with Crippen molar-refractivity contribution in [3.63, 3.8) is 0 Å². The number of carbonyl (C=O) groups is 2. The summed E-state index contributed by atoms with van der Waals surface area (Å²) in [6.07, 6.45) is 2.38. The van der Waals surface area contributed by atoms with Crippen LogP contribution in [0.5, 0.6) is 5.75 Å². The summed E-state index contributed by atoms with van der Waals surface area (Å²) in [5.41, 5.74) is 2.86. The minimum Gasteiger partial charge on any atom is -0.492 e. The fraction of sp³-hybridized carbons (Fsp3) is 0.387. The molecule has 2 N–H and O–H groups in total. The summed E-state index contributed by atoms with van der Waals surface area (Å²) in [7, 11) is 0. The molecular formula is C31H38N2O6. The summed E-state index contributed by atoms with van der Waals surface area (Å²) in [5.74, 6) is -0.419. The van der Waals surface area contributed by atoms with Crippen LogP contribution in [0.15, 0.2) is 67.0 Å². The van der Waals surface area contributed by atoms with Gasteiger partial charge in [-0.05, 0) is 68.0 Å². The molecule has 1 heterocycles. The second-order valence-electron chi connectivity index (χ2n) is 10.9. The second kappa shape index (κ2) is 13.2. The molecule has 0 radical (unpaired) electrons. The van der Waals surface area contributed by atoms with Crippen molar-refractivity contribution in [3.05, 3.63) is 83.7 Å². The van der Waals surface area contributed by atoms with Crippen molar-refractivity contribution in [1.82, 2.24) is 9.88 Å². The van der Waals surface area contributed by atoms with Crippen molar-refractivity contribution in [2.24, 2.45) is 5.92 Å². The SMILES string of the molecule is CC(C)COc1cc(-c2ccc(CCN(C[C@@H](O)c3cccnc3)C(=O)OC(C)(C)C)cc2)ccc1C(=O)O. The highest BCUT2D eigenvalue weighted by atomic mass is 16.6. The van der Waals surface area contributed by atoms with Crippen LogP contribution in [0.4, 0.5) is 4.79 Å². The molecule has 208 valence electrons. The third-order valence-electron chi connectivity index (χ3n) is 5.86. The van der Waals surface area contributed by atoms with Crippen molar-refractivity contribution in [3.8, 4) is 16.9 Å². The lowest BCUT2D eigenvalue weighted by Gasteiger charge is -2.29. The van der Waals surface area contributed by atoms with Crippen LogP contribution in [0, 0.1) is 5.92 Å². The van der Waals surface area contributed by atoms with Crippen LogP contribution in [-0.4, -0.2) is 57.5 Å². The van der Waals surface area contributed by atoms with E-state index in [1.54, 1.807) is 42.7 Å². The Bertz CT molecular complexity index is 1240. The monoisotopic (exact) mass is 534 g/mol. The van der Waals surface area contributed by atoms with Gasteiger partial charge in [-0.25, -0.2) is 9.59 Å². The molecule has 8 heteroatoms. The van der Waals surface area contributed by atoms with Gasteiger partial charge in [0.25, 0.3) is 0 Å². The molecule has 1 amide bonds. The molecule has 1 atom stereocenters. The summed E-state index contributed by atoms with van der Waals surface area (Å²) in [4.78, 5) is 30.1. The van der Waals surface area contributed by atoms with E-state index in [2.05, 4.69) is 4.98 Å². The molecule has 0 bridgehead atoms. The molecule has 0 fully saturated rings. The van der Waals surface area contributed by atoms with Crippen molar-refractivity contribution >= 4 is 12.1 Å². The van der Waals surface area contributed by atoms with Crippen LogP contribution in [0.1, 0.15) is 62.2 Å². The number of pyridine rings is 1. The maximum atomic E-state index is 12.9. The third-order valence-corrected chi connectivity index (χ3v) is 5.86. The number of hydrogen-bond acceptors (Lipinski definition) is 6. The fourth-order valence-corrected chi connectivity index (χ4v) is 3.85. The first-order valence-electron chi connectivity index (χ1n) is 13.1. The normalized spacial score (nSPS) is 12.2. The van der Waals surface area contributed by atoms with E-state index in [0.717, 1.165) is 16.7 Å². The van der Waals surface area contributed by atoms with Crippen LogP contribution in [0.2, 0.25) is 0 Å². The first-order chi connectivity index (χ1) is 18.4. The zero-order chi connectivity index (χ0) is 28.6. The molecule has 0 unspecified atom stereocenters. The van der Waals surface area contributed by atoms with E-state index in [9.17, 15) is 19.8 Å². The van der Waals surface area contributed by atoms with Crippen LogP contribution >= 0.6 is 0 Å². The Morgan fingerprint density at radius 2 is 1.72 bits per heavy atom. The van der Waals surface area contributed by atoms with E-state index in [1.807, 2.05) is 58.9 Å². The topological polar surface area (TPSA) is 109 Å². The van der Waals surface area contributed by atoms with Gasteiger partial charge in [0.15, 0.2) is 0 Å². The summed E-state index contributed by atoms with van der Waals surface area (Å²) in [6.45, 7) is 10.3. The Morgan fingerprint density at radius 1 is 1.03 bits per heavy atom. The third kappa shape index (κ3) is 9.11. The number of carboxylic acid groups (broad SMARTS) is 1. The zero-order valence-corrected chi connectivity index (χ0v) is 23.3. The molecule has 1 aromatic heterocycles. The molecule has 0 aliphatic heterocycles. The maximum absolute atomic E-state index is 12.9.